The standard InChI is InChI=1S/C31H42F2O/c1-3-5-22-6-10-24(11-7-22)28-16-14-26(19-30(28)32)27-15-17-29(31(33)20-27)25-12-8-23(9-13-25)21-34-18-4-2/h14-17,19-20,22-25H,3-13,18,21H2,1-2H3. The van der Waals surface area contributed by atoms with Gasteiger partial charge in [0.15, 0.2) is 0 Å². The van der Waals surface area contributed by atoms with Gasteiger partial charge in [0.25, 0.3) is 0 Å². The highest BCUT2D eigenvalue weighted by Crippen LogP contribution is 2.40. The minimum atomic E-state index is -0.151. The van der Waals surface area contributed by atoms with Crippen LogP contribution in [0.1, 0.15) is 107 Å². The van der Waals surface area contributed by atoms with Gasteiger partial charge in [0.05, 0.1) is 0 Å². The molecule has 0 saturated heterocycles. The molecule has 3 heteroatoms. The summed E-state index contributed by atoms with van der Waals surface area (Å²) in [6.07, 6.45) is 12.4. The van der Waals surface area contributed by atoms with Gasteiger partial charge < -0.3 is 4.74 Å². The molecule has 34 heavy (non-hydrogen) atoms. The third-order valence-electron chi connectivity index (χ3n) is 8.31. The molecular formula is C31H42F2O. The molecule has 2 fully saturated rings. The molecule has 2 aromatic carbocycles. The van der Waals surface area contributed by atoms with Crippen molar-refractivity contribution in [1.29, 1.82) is 0 Å². The normalized spacial score (nSPS) is 25.4. The third kappa shape index (κ3) is 6.27. The average Bonchev–Trinajstić information content (AvgIpc) is 2.85. The Hall–Kier alpha value is -1.74. The Labute approximate surface area is 205 Å². The van der Waals surface area contributed by atoms with E-state index in [-0.39, 0.29) is 17.6 Å². The second-order valence-electron chi connectivity index (χ2n) is 10.8. The molecule has 0 N–H and O–H groups in total. The lowest BCUT2D eigenvalue weighted by molar-refractivity contribution is 0.0830. The number of rotatable bonds is 9. The van der Waals surface area contributed by atoms with Gasteiger partial charge in [-0.2, -0.15) is 0 Å². The van der Waals surface area contributed by atoms with Crippen molar-refractivity contribution < 1.29 is 13.5 Å². The lowest BCUT2D eigenvalue weighted by atomic mass is 9.77. The SMILES string of the molecule is CCCOCC1CCC(c2ccc(-c3ccc(C4CCC(CCC)CC4)c(F)c3)cc2F)CC1. The van der Waals surface area contributed by atoms with Crippen molar-refractivity contribution >= 4 is 0 Å². The summed E-state index contributed by atoms with van der Waals surface area (Å²) in [7, 11) is 0. The summed E-state index contributed by atoms with van der Waals surface area (Å²) < 4.78 is 35.9. The van der Waals surface area contributed by atoms with Gasteiger partial charge in [-0.15, -0.1) is 0 Å². The smallest absolute Gasteiger partial charge is 0.127 e. The van der Waals surface area contributed by atoms with Gasteiger partial charge in [-0.1, -0.05) is 51.0 Å². The van der Waals surface area contributed by atoms with Crippen molar-refractivity contribution in [1.82, 2.24) is 0 Å². The van der Waals surface area contributed by atoms with Gasteiger partial charge in [0.1, 0.15) is 11.6 Å². The monoisotopic (exact) mass is 468 g/mol. The predicted molar refractivity (Wildman–Crippen MR) is 137 cm³/mol. The first-order valence-corrected chi connectivity index (χ1v) is 13.8. The van der Waals surface area contributed by atoms with E-state index in [1.54, 1.807) is 12.1 Å². The van der Waals surface area contributed by atoms with Gasteiger partial charge in [0, 0.05) is 13.2 Å². The van der Waals surface area contributed by atoms with E-state index >= 15 is 8.78 Å². The molecule has 0 aromatic heterocycles. The Balaban J connectivity index is 1.38. The van der Waals surface area contributed by atoms with Crippen LogP contribution in [0.25, 0.3) is 11.1 Å². The second kappa shape index (κ2) is 12.3. The first-order valence-electron chi connectivity index (χ1n) is 13.8. The van der Waals surface area contributed by atoms with E-state index in [9.17, 15) is 0 Å². The lowest BCUT2D eigenvalue weighted by Crippen LogP contribution is -2.18. The van der Waals surface area contributed by atoms with E-state index in [0.29, 0.717) is 11.8 Å². The van der Waals surface area contributed by atoms with Crippen LogP contribution >= 0.6 is 0 Å². The Morgan fingerprint density at radius 2 is 1.18 bits per heavy atom. The number of hydrogen-bond acceptors (Lipinski definition) is 1. The van der Waals surface area contributed by atoms with Crippen LogP contribution in [0.3, 0.4) is 0 Å². The van der Waals surface area contributed by atoms with Gasteiger partial charge >= 0.3 is 0 Å². The van der Waals surface area contributed by atoms with Gasteiger partial charge in [0.2, 0.25) is 0 Å². The van der Waals surface area contributed by atoms with Crippen LogP contribution in [-0.4, -0.2) is 13.2 Å². The maximum absolute atomic E-state index is 15.1. The van der Waals surface area contributed by atoms with Crippen molar-refractivity contribution in [3.05, 3.63) is 59.2 Å². The van der Waals surface area contributed by atoms with E-state index < -0.39 is 0 Å². The molecule has 4 rings (SSSR count). The van der Waals surface area contributed by atoms with E-state index in [1.165, 1.54) is 25.7 Å². The minimum absolute atomic E-state index is 0.135. The summed E-state index contributed by atoms with van der Waals surface area (Å²) in [5, 5.41) is 0. The number of hydrogen-bond donors (Lipinski definition) is 0. The highest BCUT2D eigenvalue weighted by Gasteiger charge is 2.26. The lowest BCUT2D eigenvalue weighted by Gasteiger charge is -2.29. The van der Waals surface area contributed by atoms with Crippen LogP contribution < -0.4 is 0 Å². The summed E-state index contributed by atoms with van der Waals surface area (Å²) >= 11 is 0. The number of benzene rings is 2. The molecule has 2 aliphatic rings. The molecule has 0 aliphatic heterocycles. The molecule has 0 bridgehead atoms. The Morgan fingerprint density at radius 1 is 0.676 bits per heavy atom. The molecule has 0 radical (unpaired) electrons. The highest BCUT2D eigenvalue weighted by molar-refractivity contribution is 5.64. The molecule has 0 unspecified atom stereocenters. The molecule has 0 atom stereocenters. The zero-order valence-electron chi connectivity index (χ0n) is 21.1. The van der Waals surface area contributed by atoms with E-state index in [0.717, 1.165) is 86.3 Å². The number of halogens is 2. The number of ether oxygens (including phenoxy) is 1. The van der Waals surface area contributed by atoms with Crippen LogP contribution in [0.5, 0.6) is 0 Å². The summed E-state index contributed by atoms with van der Waals surface area (Å²) in [5.74, 6) is 1.73. The maximum Gasteiger partial charge on any atom is 0.127 e. The topological polar surface area (TPSA) is 9.23 Å². The van der Waals surface area contributed by atoms with Crippen LogP contribution in [0, 0.1) is 23.5 Å². The van der Waals surface area contributed by atoms with Crippen molar-refractivity contribution in [2.75, 3.05) is 13.2 Å². The van der Waals surface area contributed by atoms with Crippen molar-refractivity contribution in [3.8, 4) is 11.1 Å². The average molecular weight is 469 g/mol. The third-order valence-corrected chi connectivity index (χ3v) is 8.31. The fourth-order valence-corrected chi connectivity index (χ4v) is 6.28. The molecule has 186 valence electrons. The van der Waals surface area contributed by atoms with Crippen LogP contribution in [0.2, 0.25) is 0 Å². The van der Waals surface area contributed by atoms with Crippen molar-refractivity contribution in [3.63, 3.8) is 0 Å². The van der Waals surface area contributed by atoms with Gasteiger partial charge in [-0.25, -0.2) is 8.78 Å². The molecule has 2 saturated carbocycles. The van der Waals surface area contributed by atoms with E-state index in [4.69, 9.17) is 4.74 Å². The Kier molecular flexibility index (Phi) is 9.17. The summed E-state index contributed by atoms with van der Waals surface area (Å²) in [5.41, 5.74) is 3.19. The van der Waals surface area contributed by atoms with Crippen LogP contribution in [0.4, 0.5) is 8.78 Å². The highest BCUT2D eigenvalue weighted by atomic mass is 19.1. The second-order valence-corrected chi connectivity index (χ2v) is 10.8. The zero-order chi connectivity index (χ0) is 23.9. The quantitative estimate of drug-likeness (QED) is 0.333. The molecule has 2 aliphatic carbocycles. The van der Waals surface area contributed by atoms with Crippen LogP contribution in [0.15, 0.2) is 36.4 Å². The molecule has 0 amide bonds. The fraction of sp³-hybridized carbons (Fsp3) is 0.613. The van der Waals surface area contributed by atoms with Gasteiger partial charge in [-0.3, -0.25) is 0 Å². The first kappa shape index (κ1) is 25.4. The maximum atomic E-state index is 15.1. The van der Waals surface area contributed by atoms with Gasteiger partial charge in [-0.05, 0) is 116 Å². The van der Waals surface area contributed by atoms with Crippen molar-refractivity contribution in [2.45, 2.75) is 96.3 Å². The first-order chi connectivity index (χ1) is 16.6. The molecular weight excluding hydrogens is 426 g/mol. The van der Waals surface area contributed by atoms with Crippen molar-refractivity contribution in [2.24, 2.45) is 11.8 Å². The Bertz CT molecular complexity index is 908. The van der Waals surface area contributed by atoms with E-state index in [2.05, 4.69) is 13.8 Å². The summed E-state index contributed by atoms with van der Waals surface area (Å²) in [6.45, 7) is 6.04. The largest absolute Gasteiger partial charge is 0.381 e. The molecule has 0 heterocycles. The summed E-state index contributed by atoms with van der Waals surface area (Å²) in [4.78, 5) is 0. The molecule has 0 spiro atoms. The predicted octanol–water partition coefficient (Wildman–Crippen LogP) is 9.41. The van der Waals surface area contributed by atoms with Crippen LogP contribution in [-0.2, 0) is 4.74 Å². The molecule has 2 aromatic rings. The zero-order valence-corrected chi connectivity index (χ0v) is 21.1. The fourth-order valence-electron chi connectivity index (χ4n) is 6.28. The minimum Gasteiger partial charge on any atom is -0.381 e. The van der Waals surface area contributed by atoms with E-state index in [1.807, 2.05) is 24.3 Å². The molecule has 1 nitrogen and oxygen atoms in total. The summed E-state index contributed by atoms with van der Waals surface area (Å²) in [6, 6.07) is 11.1. The Morgan fingerprint density at radius 3 is 1.62 bits per heavy atom.